The Hall–Kier alpha value is -2.08. The van der Waals surface area contributed by atoms with Gasteiger partial charge in [-0.1, -0.05) is 6.07 Å². The molecule has 2 rings (SSSR count). The molecule has 23 heavy (non-hydrogen) atoms. The summed E-state index contributed by atoms with van der Waals surface area (Å²) in [6.07, 6.45) is 2.04. The second-order valence-corrected chi connectivity index (χ2v) is 5.60. The molecule has 124 valence electrons. The van der Waals surface area contributed by atoms with Gasteiger partial charge in [0.05, 0.1) is 38.3 Å². The lowest BCUT2D eigenvalue weighted by atomic mass is 9.91. The van der Waals surface area contributed by atoms with Crippen LogP contribution in [0.5, 0.6) is 0 Å². The molecule has 7 heteroatoms. The van der Waals surface area contributed by atoms with E-state index in [9.17, 15) is 9.59 Å². The van der Waals surface area contributed by atoms with E-state index in [4.69, 9.17) is 16.3 Å². The van der Waals surface area contributed by atoms with Gasteiger partial charge in [0.2, 0.25) is 0 Å². The summed E-state index contributed by atoms with van der Waals surface area (Å²) in [6.45, 7) is 1.95. The van der Waals surface area contributed by atoms with Gasteiger partial charge in [0.1, 0.15) is 0 Å². The average molecular weight is 339 g/mol. The highest BCUT2D eigenvalue weighted by atomic mass is 35.5. The number of H-pyrrole nitrogens is 1. The third-order valence-corrected chi connectivity index (χ3v) is 4.18. The van der Waals surface area contributed by atoms with E-state index in [1.165, 1.54) is 14.2 Å². The van der Waals surface area contributed by atoms with Crippen LogP contribution < -0.4 is 0 Å². The minimum absolute atomic E-state index is 0.0344. The average Bonchev–Trinajstić information content (AvgIpc) is 3.03. The molecule has 0 spiro atoms. The Morgan fingerprint density at radius 2 is 2.09 bits per heavy atom. The van der Waals surface area contributed by atoms with Crippen molar-refractivity contribution >= 4 is 34.4 Å². The fourth-order valence-corrected chi connectivity index (χ4v) is 3.02. The Morgan fingerprint density at radius 3 is 2.70 bits per heavy atom. The summed E-state index contributed by atoms with van der Waals surface area (Å²) in [5.74, 6) is -1.22. The molecule has 1 aromatic carbocycles. The predicted octanol–water partition coefficient (Wildman–Crippen LogP) is 2.50. The number of nitrogens with zero attached hydrogens (tertiary/aromatic N) is 1. The van der Waals surface area contributed by atoms with Crippen LogP contribution >= 0.6 is 11.6 Å². The summed E-state index contributed by atoms with van der Waals surface area (Å²) in [4.78, 5) is 23.5. The number of aromatic amines is 1. The third-order valence-electron chi connectivity index (χ3n) is 3.91. The van der Waals surface area contributed by atoms with Gasteiger partial charge in [-0.3, -0.25) is 14.7 Å². The van der Waals surface area contributed by atoms with Crippen LogP contribution in [0.3, 0.4) is 0 Å². The minimum Gasteiger partial charge on any atom is -0.469 e. The quantitative estimate of drug-likeness (QED) is 0.646. The second kappa shape index (κ2) is 7.46. The van der Waals surface area contributed by atoms with E-state index in [1.807, 2.05) is 13.0 Å². The summed E-state index contributed by atoms with van der Waals surface area (Å²) in [7, 11) is 2.60. The van der Waals surface area contributed by atoms with Crippen molar-refractivity contribution < 1.29 is 19.1 Å². The van der Waals surface area contributed by atoms with E-state index in [0.717, 1.165) is 27.6 Å². The van der Waals surface area contributed by atoms with Gasteiger partial charge < -0.3 is 9.47 Å². The number of carbonyl (C=O) groups excluding carboxylic acids is 2. The Labute approximate surface area is 139 Å². The zero-order chi connectivity index (χ0) is 17.0. The molecular formula is C16H19ClN2O4. The van der Waals surface area contributed by atoms with Crippen molar-refractivity contribution in [2.24, 2.45) is 5.92 Å². The molecule has 1 N–H and O–H groups in total. The molecule has 6 nitrogen and oxygen atoms in total. The third kappa shape index (κ3) is 3.64. The molecule has 0 unspecified atom stereocenters. The lowest BCUT2D eigenvalue weighted by Gasteiger charge is -2.17. The van der Waals surface area contributed by atoms with Gasteiger partial charge in [0.15, 0.2) is 0 Å². The number of carbonyl (C=O) groups is 2. The van der Waals surface area contributed by atoms with Gasteiger partial charge in [0, 0.05) is 11.3 Å². The molecule has 0 aliphatic heterocycles. The molecule has 2 aromatic rings. The maximum atomic E-state index is 12.0. The molecule has 0 saturated heterocycles. The number of esters is 2. The summed E-state index contributed by atoms with van der Waals surface area (Å²) in [6, 6.07) is 1.96. The predicted molar refractivity (Wildman–Crippen MR) is 86.2 cm³/mol. The molecule has 1 heterocycles. The molecular weight excluding hydrogens is 320 g/mol. The molecule has 1 atom stereocenters. The van der Waals surface area contributed by atoms with Gasteiger partial charge in [-0.25, -0.2) is 0 Å². The highest BCUT2D eigenvalue weighted by molar-refractivity contribution is 6.18. The first-order valence-corrected chi connectivity index (χ1v) is 7.70. The molecule has 0 bridgehead atoms. The van der Waals surface area contributed by atoms with E-state index in [-0.39, 0.29) is 12.3 Å². The van der Waals surface area contributed by atoms with Crippen molar-refractivity contribution in [1.82, 2.24) is 10.2 Å². The largest absolute Gasteiger partial charge is 0.469 e. The van der Waals surface area contributed by atoms with Gasteiger partial charge >= 0.3 is 11.9 Å². The number of halogens is 1. The van der Waals surface area contributed by atoms with Gasteiger partial charge in [-0.15, -0.1) is 11.6 Å². The van der Waals surface area contributed by atoms with Crippen molar-refractivity contribution in [2.45, 2.75) is 25.6 Å². The zero-order valence-corrected chi connectivity index (χ0v) is 14.1. The number of aryl methyl sites for hydroxylation is 1. The van der Waals surface area contributed by atoms with Gasteiger partial charge in [0.25, 0.3) is 0 Å². The zero-order valence-electron chi connectivity index (χ0n) is 13.3. The number of hydrogen-bond donors (Lipinski definition) is 1. The van der Waals surface area contributed by atoms with Crippen molar-refractivity contribution in [2.75, 3.05) is 14.2 Å². The number of aromatic nitrogens is 2. The van der Waals surface area contributed by atoms with E-state index in [2.05, 4.69) is 14.9 Å². The van der Waals surface area contributed by atoms with Crippen LogP contribution in [0.15, 0.2) is 12.3 Å². The van der Waals surface area contributed by atoms with Crippen molar-refractivity contribution in [3.05, 3.63) is 29.0 Å². The number of fused-ring (bicyclic) bond motifs is 1. The fourth-order valence-electron chi connectivity index (χ4n) is 2.70. The lowest BCUT2D eigenvalue weighted by molar-refractivity contribution is -0.151. The highest BCUT2D eigenvalue weighted by Gasteiger charge is 2.25. The number of nitrogens with one attached hydrogen (secondary N) is 1. The molecule has 0 radical (unpaired) electrons. The summed E-state index contributed by atoms with van der Waals surface area (Å²) in [5, 5.41) is 7.93. The topological polar surface area (TPSA) is 81.3 Å². The maximum absolute atomic E-state index is 12.0. The van der Waals surface area contributed by atoms with Gasteiger partial charge in [-0.05, 0) is 30.0 Å². The molecule has 0 fully saturated rings. The summed E-state index contributed by atoms with van der Waals surface area (Å²) >= 11 is 6.10. The minimum atomic E-state index is -0.613. The van der Waals surface area contributed by atoms with Crippen LogP contribution in [-0.2, 0) is 31.4 Å². The Morgan fingerprint density at radius 1 is 1.35 bits per heavy atom. The first kappa shape index (κ1) is 17.3. The first-order valence-electron chi connectivity index (χ1n) is 7.16. The van der Waals surface area contributed by atoms with Crippen molar-refractivity contribution in [3.8, 4) is 0 Å². The van der Waals surface area contributed by atoms with E-state index < -0.39 is 17.9 Å². The fraction of sp³-hybridized carbons (Fsp3) is 0.438. The lowest BCUT2D eigenvalue weighted by Crippen LogP contribution is -2.23. The second-order valence-electron chi connectivity index (χ2n) is 5.33. The van der Waals surface area contributed by atoms with Crippen molar-refractivity contribution in [1.29, 1.82) is 0 Å². The van der Waals surface area contributed by atoms with Crippen molar-refractivity contribution in [3.63, 3.8) is 0 Å². The Balaban J connectivity index is 2.40. The number of rotatable bonds is 6. The summed E-state index contributed by atoms with van der Waals surface area (Å²) < 4.78 is 9.47. The monoisotopic (exact) mass is 338 g/mol. The number of methoxy groups -OCH3 is 2. The smallest absolute Gasteiger partial charge is 0.309 e. The molecule has 0 amide bonds. The van der Waals surface area contributed by atoms with Crippen LogP contribution in [0.2, 0.25) is 0 Å². The van der Waals surface area contributed by atoms with Crippen LogP contribution in [0.1, 0.15) is 23.1 Å². The molecule has 0 saturated carbocycles. The van der Waals surface area contributed by atoms with E-state index in [0.29, 0.717) is 6.42 Å². The van der Waals surface area contributed by atoms with Crippen LogP contribution in [0, 0.1) is 12.8 Å². The Bertz CT molecular complexity index is 726. The Kier molecular flexibility index (Phi) is 5.60. The standard InChI is InChI=1S/C16H19ClN2O4/c1-9-4-10(12(7-17)13-8-18-19-15(9)13)5-11(16(21)23-3)6-14(20)22-2/h4,8,11H,5-7H2,1-3H3,(H,18,19)/t11-/m0/s1. The van der Waals surface area contributed by atoms with Crippen LogP contribution in [0.4, 0.5) is 0 Å². The SMILES string of the molecule is COC(=O)C[C@H](Cc1cc(C)c2[nH]ncc2c1CCl)C(=O)OC. The molecule has 1 aromatic heterocycles. The normalized spacial score (nSPS) is 12.2. The van der Waals surface area contributed by atoms with E-state index in [1.54, 1.807) is 6.20 Å². The molecule has 0 aliphatic rings. The maximum Gasteiger partial charge on any atom is 0.309 e. The van der Waals surface area contributed by atoms with Crippen LogP contribution in [0.25, 0.3) is 10.9 Å². The summed E-state index contributed by atoms with van der Waals surface area (Å²) in [5.41, 5.74) is 3.74. The van der Waals surface area contributed by atoms with E-state index >= 15 is 0 Å². The van der Waals surface area contributed by atoms with Gasteiger partial charge in [-0.2, -0.15) is 5.10 Å². The molecule has 0 aliphatic carbocycles. The number of benzene rings is 1. The first-order chi connectivity index (χ1) is 11.0. The number of alkyl halides is 1. The number of hydrogen-bond acceptors (Lipinski definition) is 5. The highest BCUT2D eigenvalue weighted by Crippen LogP contribution is 2.28. The van der Waals surface area contributed by atoms with Crippen LogP contribution in [-0.4, -0.2) is 36.4 Å². The number of ether oxygens (including phenoxy) is 2.